The molecule has 1 aromatic heterocycles. The van der Waals surface area contributed by atoms with Gasteiger partial charge in [-0.25, -0.2) is 9.37 Å². The van der Waals surface area contributed by atoms with Gasteiger partial charge in [0.1, 0.15) is 5.82 Å². The Morgan fingerprint density at radius 2 is 2.19 bits per heavy atom. The Morgan fingerprint density at radius 1 is 1.44 bits per heavy atom. The molecule has 16 heavy (non-hydrogen) atoms. The van der Waals surface area contributed by atoms with Crippen LogP contribution in [0, 0.1) is 12.7 Å². The van der Waals surface area contributed by atoms with Crippen molar-refractivity contribution in [3.8, 4) is 0 Å². The van der Waals surface area contributed by atoms with E-state index in [1.807, 2.05) is 25.3 Å². The van der Waals surface area contributed by atoms with Crippen LogP contribution in [0.15, 0.2) is 30.5 Å². The van der Waals surface area contributed by atoms with Gasteiger partial charge in [0.15, 0.2) is 0 Å². The molecule has 1 nitrogen and oxygen atoms in total. The Balaban J connectivity index is 2.13. The van der Waals surface area contributed by atoms with Gasteiger partial charge < -0.3 is 0 Å². The summed E-state index contributed by atoms with van der Waals surface area (Å²) in [6.45, 7) is 1.97. The Hall–Kier alpha value is -0.740. The van der Waals surface area contributed by atoms with Crippen molar-refractivity contribution in [3.05, 3.63) is 51.7 Å². The summed E-state index contributed by atoms with van der Waals surface area (Å²) in [6, 6.07) is 6.87. The van der Waals surface area contributed by atoms with Gasteiger partial charge in [0.05, 0.1) is 9.83 Å². The Kier molecular flexibility index (Phi) is 3.71. The van der Waals surface area contributed by atoms with Gasteiger partial charge >= 0.3 is 0 Å². The highest BCUT2D eigenvalue weighted by molar-refractivity contribution is 9.09. The SMILES string of the molecule is Cc1ncc(C(Br)Cc2ccccc2F)s1. The van der Waals surface area contributed by atoms with Crippen molar-refractivity contribution in [2.75, 3.05) is 0 Å². The predicted molar refractivity (Wildman–Crippen MR) is 68.6 cm³/mol. The maximum atomic E-state index is 13.4. The van der Waals surface area contributed by atoms with E-state index in [1.54, 1.807) is 17.4 Å². The summed E-state index contributed by atoms with van der Waals surface area (Å²) >= 11 is 5.21. The van der Waals surface area contributed by atoms with Gasteiger partial charge in [-0.2, -0.15) is 0 Å². The van der Waals surface area contributed by atoms with Crippen molar-refractivity contribution in [1.29, 1.82) is 0 Å². The second-order valence-corrected chi connectivity index (χ2v) is 5.92. The van der Waals surface area contributed by atoms with Gasteiger partial charge in [0.2, 0.25) is 0 Å². The molecule has 0 bridgehead atoms. The van der Waals surface area contributed by atoms with E-state index >= 15 is 0 Å². The van der Waals surface area contributed by atoms with Gasteiger partial charge in [-0.3, -0.25) is 0 Å². The first-order valence-corrected chi connectivity index (χ1v) is 6.70. The molecule has 1 aromatic carbocycles. The number of benzene rings is 1. The fourth-order valence-electron chi connectivity index (χ4n) is 1.48. The van der Waals surface area contributed by atoms with Crippen LogP contribution in [0.3, 0.4) is 0 Å². The maximum absolute atomic E-state index is 13.4. The summed E-state index contributed by atoms with van der Waals surface area (Å²) in [6.07, 6.45) is 2.49. The lowest BCUT2D eigenvalue weighted by Gasteiger charge is -2.07. The van der Waals surface area contributed by atoms with E-state index in [0.29, 0.717) is 6.42 Å². The van der Waals surface area contributed by atoms with Gasteiger partial charge in [0.25, 0.3) is 0 Å². The molecule has 1 unspecified atom stereocenters. The largest absolute Gasteiger partial charge is 0.250 e. The fraction of sp³-hybridized carbons (Fsp3) is 0.250. The molecule has 0 radical (unpaired) electrons. The minimum Gasteiger partial charge on any atom is -0.250 e. The average Bonchev–Trinajstić information content (AvgIpc) is 2.68. The highest BCUT2D eigenvalue weighted by Crippen LogP contribution is 2.31. The lowest BCUT2D eigenvalue weighted by atomic mass is 10.1. The van der Waals surface area contributed by atoms with Crippen molar-refractivity contribution in [3.63, 3.8) is 0 Å². The number of nitrogens with zero attached hydrogens (tertiary/aromatic N) is 1. The van der Waals surface area contributed by atoms with Crippen LogP contribution in [-0.4, -0.2) is 4.98 Å². The molecule has 1 atom stereocenters. The first kappa shape index (κ1) is 11.7. The fourth-order valence-corrected chi connectivity index (χ4v) is 2.99. The summed E-state index contributed by atoms with van der Waals surface area (Å²) in [5, 5.41) is 1.04. The van der Waals surface area contributed by atoms with Crippen LogP contribution in [-0.2, 0) is 6.42 Å². The van der Waals surface area contributed by atoms with Crippen molar-refractivity contribution in [2.24, 2.45) is 0 Å². The Morgan fingerprint density at radius 3 is 2.81 bits per heavy atom. The number of aromatic nitrogens is 1. The smallest absolute Gasteiger partial charge is 0.126 e. The van der Waals surface area contributed by atoms with Gasteiger partial charge in [-0.15, -0.1) is 11.3 Å². The van der Waals surface area contributed by atoms with Crippen molar-refractivity contribution < 1.29 is 4.39 Å². The third kappa shape index (κ3) is 2.68. The van der Waals surface area contributed by atoms with Gasteiger partial charge in [-0.1, -0.05) is 34.1 Å². The van der Waals surface area contributed by atoms with Crippen LogP contribution < -0.4 is 0 Å². The highest BCUT2D eigenvalue weighted by atomic mass is 79.9. The number of hydrogen-bond donors (Lipinski definition) is 0. The van der Waals surface area contributed by atoms with E-state index < -0.39 is 0 Å². The summed E-state index contributed by atoms with van der Waals surface area (Å²) in [7, 11) is 0. The van der Waals surface area contributed by atoms with E-state index in [1.165, 1.54) is 6.07 Å². The van der Waals surface area contributed by atoms with Crippen LogP contribution in [0.1, 0.15) is 20.3 Å². The quantitative estimate of drug-likeness (QED) is 0.771. The first-order chi connectivity index (χ1) is 7.66. The zero-order valence-corrected chi connectivity index (χ0v) is 11.2. The maximum Gasteiger partial charge on any atom is 0.126 e. The van der Waals surface area contributed by atoms with E-state index in [4.69, 9.17) is 0 Å². The molecule has 0 amide bonds. The number of hydrogen-bond acceptors (Lipinski definition) is 2. The van der Waals surface area contributed by atoms with E-state index in [-0.39, 0.29) is 10.6 Å². The van der Waals surface area contributed by atoms with Gasteiger partial charge in [0, 0.05) is 11.1 Å². The molecular weight excluding hydrogens is 289 g/mol. The van der Waals surface area contributed by atoms with Crippen molar-refractivity contribution >= 4 is 27.3 Å². The lowest BCUT2D eigenvalue weighted by molar-refractivity contribution is 0.608. The molecular formula is C12H11BrFNS. The molecule has 0 N–H and O–H groups in total. The molecule has 0 fully saturated rings. The number of rotatable bonds is 3. The van der Waals surface area contributed by atoms with Crippen molar-refractivity contribution in [1.82, 2.24) is 4.98 Å². The number of halogens is 2. The molecule has 4 heteroatoms. The molecule has 0 saturated heterocycles. The van der Waals surface area contributed by atoms with Crippen molar-refractivity contribution in [2.45, 2.75) is 18.2 Å². The molecule has 0 spiro atoms. The minimum absolute atomic E-state index is 0.135. The normalized spacial score (nSPS) is 12.7. The van der Waals surface area contributed by atoms with Crippen LogP contribution in [0.25, 0.3) is 0 Å². The number of aryl methyl sites for hydroxylation is 1. The second-order valence-electron chi connectivity index (χ2n) is 3.54. The molecule has 0 aliphatic carbocycles. The standard InChI is InChI=1S/C12H11BrFNS/c1-8-15-7-12(16-8)10(13)6-9-4-2-3-5-11(9)14/h2-5,7,10H,6H2,1H3. The molecule has 0 aliphatic rings. The Labute approximate surface area is 106 Å². The second kappa shape index (κ2) is 5.06. The Bertz CT molecular complexity index is 483. The minimum atomic E-state index is -0.145. The van der Waals surface area contributed by atoms with Crippen LogP contribution >= 0.6 is 27.3 Å². The third-order valence-corrected chi connectivity index (χ3v) is 4.45. The van der Waals surface area contributed by atoms with E-state index in [9.17, 15) is 4.39 Å². The molecule has 84 valence electrons. The lowest BCUT2D eigenvalue weighted by Crippen LogP contribution is -1.95. The topological polar surface area (TPSA) is 12.9 Å². The third-order valence-electron chi connectivity index (χ3n) is 2.30. The summed E-state index contributed by atoms with van der Waals surface area (Å²) < 4.78 is 13.4. The van der Waals surface area contributed by atoms with E-state index in [0.717, 1.165) is 15.4 Å². The molecule has 2 aromatic rings. The monoisotopic (exact) mass is 299 g/mol. The highest BCUT2D eigenvalue weighted by Gasteiger charge is 2.13. The molecule has 1 heterocycles. The predicted octanol–water partition coefficient (Wildman–Crippen LogP) is 4.27. The zero-order chi connectivity index (χ0) is 11.5. The molecule has 0 saturated carbocycles. The van der Waals surface area contributed by atoms with Crippen LogP contribution in [0.5, 0.6) is 0 Å². The number of alkyl halides is 1. The first-order valence-electron chi connectivity index (χ1n) is 4.96. The average molecular weight is 300 g/mol. The van der Waals surface area contributed by atoms with Gasteiger partial charge in [-0.05, 0) is 25.0 Å². The van der Waals surface area contributed by atoms with Crippen LogP contribution in [0.4, 0.5) is 4.39 Å². The zero-order valence-electron chi connectivity index (χ0n) is 8.78. The summed E-state index contributed by atoms with van der Waals surface area (Å²) in [4.78, 5) is 5.47. The molecule has 2 rings (SSSR count). The summed E-state index contributed by atoms with van der Waals surface area (Å²) in [5.74, 6) is -0.145. The van der Waals surface area contributed by atoms with Crippen LogP contribution in [0.2, 0.25) is 0 Å². The molecule has 0 aliphatic heterocycles. The van der Waals surface area contributed by atoms with E-state index in [2.05, 4.69) is 20.9 Å². The number of thiazole rings is 1. The summed E-state index contributed by atoms with van der Waals surface area (Å²) in [5.41, 5.74) is 0.732.